The van der Waals surface area contributed by atoms with Gasteiger partial charge in [-0.05, 0) is 29.0 Å². The number of fused-ring (bicyclic) bond motifs is 9. The molecule has 0 aliphatic carbocycles. The Morgan fingerprint density at radius 3 is 2.33 bits per heavy atom. The molecule has 5 heteroatoms. The summed E-state index contributed by atoms with van der Waals surface area (Å²) < 4.78 is 8.46. The van der Waals surface area contributed by atoms with Crippen molar-refractivity contribution in [1.29, 1.82) is 0 Å². The zero-order valence-corrected chi connectivity index (χ0v) is 15.8. The summed E-state index contributed by atoms with van der Waals surface area (Å²) in [6, 6.07) is 25.2. The SMILES string of the molecule is c1ccc2c(c1)ccc1c2c2ccc3c4ccccc4oc3c2n1-c1ncncn1. The van der Waals surface area contributed by atoms with Crippen molar-refractivity contribution in [1.82, 2.24) is 19.5 Å². The highest BCUT2D eigenvalue weighted by molar-refractivity contribution is 6.26. The fourth-order valence-corrected chi connectivity index (χ4v) is 4.60. The maximum Gasteiger partial charge on any atom is 0.237 e. The summed E-state index contributed by atoms with van der Waals surface area (Å²) in [6.45, 7) is 0. The third kappa shape index (κ3) is 1.93. The van der Waals surface area contributed by atoms with E-state index in [1.807, 2.05) is 18.2 Å². The van der Waals surface area contributed by atoms with Crippen LogP contribution < -0.4 is 0 Å². The Morgan fingerprint density at radius 2 is 1.43 bits per heavy atom. The van der Waals surface area contributed by atoms with Gasteiger partial charge < -0.3 is 4.42 Å². The number of benzene rings is 4. The van der Waals surface area contributed by atoms with E-state index < -0.39 is 0 Å². The summed E-state index contributed by atoms with van der Waals surface area (Å²) in [6.07, 6.45) is 3.06. The fraction of sp³-hybridized carbons (Fsp3) is 0. The highest BCUT2D eigenvalue weighted by Gasteiger charge is 2.21. The molecule has 0 atom stereocenters. The van der Waals surface area contributed by atoms with Gasteiger partial charge in [-0.15, -0.1) is 0 Å². The number of para-hydroxylation sites is 1. The number of hydrogen-bond acceptors (Lipinski definition) is 4. The largest absolute Gasteiger partial charge is 0.454 e. The maximum atomic E-state index is 6.38. The van der Waals surface area contributed by atoms with E-state index in [4.69, 9.17) is 4.42 Å². The van der Waals surface area contributed by atoms with Gasteiger partial charge in [0, 0.05) is 21.5 Å². The first kappa shape index (κ1) is 15.6. The Hall–Kier alpha value is -4.25. The number of furan rings is 1. The second kappa shape index (κ2) is 5.64. The van der Waals surface area contributed by atoms with Crippen LogP contribution in [0.15, 0.2) is 89.9 Å². The van der Waals surface area contributed by atoms with Gasteiger partial charge in [0.05, 0.1) is 5.52 Å². The first-order chi connectivity index (χ1) is 14.9. The van der Waals surface area contributed by atoms with E-state index in [0.717, 1.165) is 38.4 Å². The Bertz CT molecular complexity index is 1750. The molecule has 0 spiro atoms. The molecule has 0 fully saturated rings. The molecule has 4 aromatic carbocycles. The maximum absolute atomic E-state index is 6.38. The lowest BCUT2D eigenvalue weighted by molar-refractivity contribution is 0.670. The van der Waals surface area contributed by atoms with Crippen LogP contribution in [0.1, 0.15) is 0 Å². The van der Waals surface area contributed by atoms with Gasteiger partial charge >= 0.3 is 0 Å². The van der Waals surface area contributed by atoms with E-state index >= 15 is 0 Å². The van der Waals surface area contributed by atoms with Crippen molar-refractivity contribution in [2.45, 2.75) is 0 Å². The lowest BCUT2D eigenvalue weighted by Gasteiger charge is -2.05. The number of rotatable bonds is 1. The molecule has 0 radical (unpaired) electrons. The summed E-state index contributed by atoms with van der Waals surface area (Å²) in [5.74, 6) is 0.577. The zero-order valence-electron chi connectivity index (χ0n) is 15.8. The smallest absolute Gasteiger partial charge is 0.237 e. The van der Waals surface area contributed by atoms with Crippen molar-refractivity contribution in [3.8, 4) is 5.95 Å². The van der Waals surface area contributed by atoms with E-state index in [0.29, 0.717) is 5.95 Å². The van der Waals surface area contributed by atoms with Crippen molar-refractivity contribution >= 4 is 54.5 Å². The van der Waals surface area contributed by atoms with E-state index in [-0.39, 0.29) is 0 Å². The number of hydrogen-bond donors (Lipinski definition) is 0. The summed E-state index contributed by atoms with van der Waals surface area (Å²) >= 11 is 0. The Kier molecular flexibility index (Phi) is 2.94. The predicted molar refractivity (Wildman–Crippen MR) is 119 cm³/mol. The summed E-state index contributed by atoms with van der Waals surface area (Å²) in [5.41, 5.74) is 3.73. The first-order valence-electron chi connectivity index (χ1n) is 9.79. The highest BCUT2D eigenvalue weighted by Crippen LogP contribution is 2.41. The summed E-state index contributed by atoms with van der Waals surface area (Å²) in [7, 11) is 0. The molecule has 3 heterocycles. The van der Waals surface area contributed by atoms with Gasteiger partial charge in [-0.3, -0.25) is 4.57 Å². The third-order valence-corrected chi connectivity index (χ3v) is 5.84. The molecule has 0 aliphatic heterocycles. The molecule has 0 amide bonds. The number of aromatic nitrogens is 4. The zero-order chi connectivity index (χ0) is 19.7. The van der Waals surface area contributed by atoms with Crippen LogP contribution in [0.2, 0.25) is 0 Å². The van der Waals surface area contributed by atoms with Crippen molar-refractivity contribution < 1.29 is 4.42 Å². The minimum absolute atomic E-state index is 0.577. The van der Waals surface area contributed by atoms with E-state index in [1.165, 1.54) is 28.8 Å². The molecular formula is C25H14N4O. The molecule has 0 saturated carbocycles. The van der Waals surface area contributed by atoms with Gasteiger partial charge in [0.15, 0.2) is 5.58 Å². The van der Waals surface area contributed by atoms with Crippen LogP contribution in [0.4, 0.5) is 0 Å². The molecule has 7 rings (SSSR count). The van der Waals surface area contributed by atoms with Gasteiger partial charge in [-0.2, -0.15) is 0 Å². The number of nitrogens with zero attached hydrogens (tertiary/aromatic N) is 4. The Balaban J connectivity index is 1.81. The van der Waals surface area contributed by atoms with Crippen LogP contribution in [0.25, 0.3) is 60.5 Å². The molecule has 30 heavy (non-hydrogen) atoms. The fourth-order valence-electron chi connectivity index (χ4n) is 4.60. The minimum Gasteiger partial charge on any atom is -0.454 e. The van der Waals surface area contributed by atoms with Crippen LogP contribution in [0.3, 0.4) is 0 Å². The normalized spacial score (nSPS) is 12.0. The van der Waals surface area contributed by atoms with Crippen LogP contribution >= 0.6 is 0 Å². The molecule has 5 nitrogen and oxygen atoms in total. The van der Waals surface area contributed by atoms with Crippen molar-refractivity contribution in [2.24, 2.45) is 0 Å². The van der Waals surface area contributed by atoms with Crippen LogP contribution in [-0.4, -0.2) is 19.5 Å². The average Bonchev–Trinajstić information content (AvgIpc) is 3.35. The molecule has 0 bridgehead atoms. The van der Waals surface area contributed by atoms with Crippen LogP contribution in [0.5, 0.6) is 0 Å². The minimum atomic E-state index is 0.577. The molecule has 0 saturated heterocycles. The van der Waals surface area contributed by atoms with Gasteiger partial charge in [-0.25, -0.2) is 15.0 Å². The Labute approximate surface area is 170 Å². The molecule has 0 N–H and O–H groups in total. The Morgan fingerprint density at radius 1 is 0.667 bits per heavy atom. The quantitative estimate of drug-likeness (QED) is 0.346. The molecule has 0 aliphatic rings. The van der Waals surface area contributed by atoms with Gasteiger partial charge in [0.2, 0.25) is 5.95 Å². The monoisotopic (exact) mass is 386 g/mol. The second-order valence-corrected chi connectivity index (χ2v) is 7.39. The van der Waals surface area contributed by atoms with Gasteiger partial charge in [0.1, 0.15) is 23.8 Å². The van der Waals surface area contributed by atoms with Crippen molar-refractivity contribution in [2.75, 3.05) is 0 Å². The second-order valence-electron chi connectivity index (χ2n) is 7.39. The topological polar surface area (TPSA) is 56.7 Å². The van der Waals surface area contributed by atoms with Crippen molar-refractivity contribution in [3.63, 3.8) is 0 Å². The molecular weight excluding hydrogens is 372 g/mol. The first-order valence-corrected chi connectivity index (χ1v) is 9.79. The van der Waals surface area contributed by atoms with Crippen LogP contribution in [-0.2, 0) is 0 Å². The van der Waals surface area contributed by atoms with E-state index in [9.17, 15) is 0 Å². The highest BCUT2D eigenvalue weighted by atomic mass is 16.3. The van der Waals surface area contributed by atoms with Crippen molar-refractivity contribution in [3.05, 3.63) is 85.5 Å². The predicted octanol–water partition coefficient (Wildman–Crippen LogP) is 6.02. The molecule has 3 aromatic heterocycles. The summed E-state index contributed by atoms with van der Waals surface area (Å²) in [5, 5.41) is 6.87. The standard InChI is InChI=1S/C25H14N4O/c1-2-6-16-15(5-1)9-12-20-22(16)19-11-10-18-17-7-3-4-8-21(17)30-24(18)23(19)29(20)25-27-13-26-14-28-25/h1-14H. The third-order valence-electron chi connectivity index (χ3n) is 5.84. The lowest BCUT2D eigenvalue weighted by Crippen LogP contribution is -2.00. The molecule has 140 valence electrons. The van der Waals surface area contributed by atoms with Gasteiger partial charge in [0.25, 0.3) is 0 Å². The molecule has 0 unspecified atom stereocenters. The van der Waals surface area contributed by atoms with Gasteiger partial charge in [-0.1, -0.05) is 54.6 Å². The molecule has 7 aromatic rings. The average molecular weight is 386 g/mol. The van der Waals surface area contributed by atoms with E-state index in [1.54, 1.807) is 0 Å². The van der Waals surface area contributed by atoms with E-state index in [2.05, 4.69) is 74.1 Å². The van der Waals surface area contributed by atoms with Crippen LogP contribution in [0, 0.1) is 0 Å². The summed E-state index contributed by atoms with van der Waals surface area (Å²) in [4.78, 5) is 12.9. The lowest BCUT2D eigenvalue weighted by atomic mass is 10.0.